The number of rotatable bonds is 9. The largest absolute Gasteiger partial charge is 0.507 e. The number of hydrogen-bond donors (Lipinski definition) is 1. The molecule has 7 nitrogen and oxygen atoms in total. The first kappa shape index (κ1) is 24.3. The van der Waals surface area contributed by atoms with E-state index in [-0.39, 0.29) is 23.4 Å². The van der Waals surface area contributed by atoms with E-state index in [1.165, 1.54) is 29.2 Å². The van der Waals surface area contributed by atoms with E-state index >= 15 is 0 Å². The fourth-order valence-corrected chi connectivity index (χ4v) is 3.77. The molecule has 1 saturated heterocycles. The van der Waals surface area contributed by atoms with Crippen LogP contribution in [0.4, 0.5) is 4.39 Å². The highest BCUT2D eigenvalue weighted by Crippen LogP contribution is 2.42. The van der Waals surface area contributed by atoms with Crippen LogP contribution in [-0.2, 0) is 9.59 Å². The predicted molar refractivity (Wildman–Crippen MR) is 123 cm³/mol. The lowest BCUT2D eigenvalue weighted by molar-refractivity contribution is -0.140. The summed E-state index contributed by atoms with van der Waals surface area (Å²) in [6.45, 7) is 5.36. The number of amides is 1. The Balaban J connectivity index is 2.17. The lowest BCUT2D eigenvalue weighted by Crippen LogP contribution is -2.35. The van der Waals surface area contributed by atoms with Crippen LogP contribution in [0.3, 0.4) is 0 Å². The van der Waals surface area contributed by atoms with E-state index < -0.39 is 23.5 Å². The Labute approximate surface area is 193 Å². The summed E-state index contributed by atoms with van der Waals surface area (Å²) in [5.41, 5.74) is 0.809. The fourth-order valence-electron chi connectivity index (χ4n) is 3.77. The van der Waals surface area contributed by atoms with Gasteiger partial charge >= 0.3 is 0 Å². The molecule has 176 valence electrons. The van der Waals surface area contributed by atoms with Crippen molar-refractivity contribution < 1.29 is 28.6 Å². The van der Waals surface area contributed by atoms with Gasteiger partial charge in [-0.25, -0.2) is 4.39 Å². The second kappa shape index (κ2) is 10.5. The van der Waals surface area contributed by atoms with Crippen molar-refractivity contribution in [3.8, 4) is 11.5 Å². The third-order valence-corrected chi connectivity index (χ3v) is 5.33. The smallest absolute Gasteiger partial charge is 0.295 e. The maximum atomic E-state index is 13.4. The number of hydrogen-bond acceptors (Lipinski definition) is 6. The van der Waals surface area contributed by atoms with Crippen LogP contribution in [0.1, 0.15) is 31.0 Å². The van der Waals surface area contributed by atoms with Crippen LogP contribution in [0.15, 0.2) is 48.0 Å². The molecule has 33 heavy (non-hydrogen) atoms. The van der Waals surface area contributed by atoms with Crippen molar-refractivity contribution in [1.29, 1.82) is 0 Å². The van der Waals surface area contributed by atoms with Crippen molar-refractivity contribution in [1.82, 2.24) is 9.80 Å². The maximum Gasteiger partial charge on any atom is 0.295 e. The number of likely N-dealkylation sites (tertiary alicyclic amines) is 1. The number of aliphatic hydroxyl groups excluding tert-OH is 1. The van der Waals surface area contributed by atoms with Gasteiger partial charge in [-0.2, -0.15) is 0 Å². The van der Waals surface area contributed by atoms with E-state index in [4.69, 9.17) is 9.47 Å². The molecule has 1 N–H and O–H groups in total. The summed E-state index contributed by atoms with van der Waals surface area (Å²) in [5.74, 6) is -1.27. The first-order valence-corrected chi connectivity index (χ1v) is 10.9. The molecule has 0 saturated carbocycles. The van der Waals surface area contributed by atoms with Gasteiger partial charge in [0.05, 0.1) is 24.8 Å². The molecule has 8 heteroatoms. The Kier molecular flexibility index (Phi) is 7.71. The highest BCUT2D eigenvalue weighted by atomic mass is 19.1. The quantitative estimate of drug-likeness (QED) is 0.353. The number of carbonyl (C=O) groups is 2. The molecule has 0 bridgehead atoms. The predicted octanol–water partition coefficient (Wildman–Crippen LogP) is 3.61. The summed E-state index contributed by atoms with van der Waals surface area (Å²) in [7, 11) is 3.74. The summed E-state index contributed by atoms with van der Waals surface area (Å²) in [6, 6.07) is 9.51. The number of benzene rings is 2. The number of aliphatic hydroxyl groups is 1. The number of likely N-dealkylation sites (N-methyl/N-ethyl adjacent to an activating group) is 1. The van der Waals surface area contributed by atoms with Crippen LogP contribution >= 0.6 is 0 Å². The minimum absolute atomic E-state index is 0.0445. The Hall–Kier alpha value is -3.39. The van der Waals surface area contributed by atoms with Crippen LogP contribution in [-0.4, -0.2) is 67.0 Å². The molecule has 0 unspecified atom stereocenters. The molecule has 0 aromatic heterocycles. The number of ketones is 1. The monoisotopic (exact) mass is 456 g/mol. The maximum absolute atomic E-state index is 13.4. The summed E-state index contributed by atoms with van der Waals surface area (Å²) in [5, 5.41) is 11.0. The number of nitrogens with zero attached hydrogens (tertiary/aromatic N) is 2. The Morgan fingerprint density at radius 1 is 1.03 bits per heavy atom. The number of halogens is 1. The molecule has 0 radical (unpaired) electrons. The Bertz CT molecular complexity index is 1050. The zero-order chi connectivity index (χ0) is 24.1. The molecule has 1 aliphatic heterocycles. The van der Waals surface area contributed by atoms with Crippen LogP contribution in [0.5, 0.6) is 11.5 Å². The number of carbonyl (C=O) groups excluding carboxylic acids is 2. The minimum Gasteiger partial charge on any atom is -0.507 e. The van der Waals surface area contributed by atoms with Gasteiger partial charge in [0.2, 0.25) is 0 Å². The third kappa shape index (κ3) is 5.17. The van der Waals surface area contributed by atoms with Gasteiger partial charge in [-0.1, -0.05) is 6.07 Å². The number of ether oxygens (including phenoxy) is 2. The molecule has 1 amide bonds. The molecule has 0 spiro atoms. The molecule has 2 aromatic carbocycles. The van der Waals surface area contributed by atoms with Gasteiger partial charge in [-0.05, 0) is 69.9 Å². The van der Waals surface area contributed by atoms with Crippen molar-refractivity contribution in [2.24, 2.45) is 0 Å². The van der Waals surface area contributed by atoms with Crippen molar-refractivity contribution >= 4 is 17.4 Å². The molecular formula is C25H29FN2O5. The van der Waals surface area contributed by atoms with Crippen molar-refractivity contribution in [3.63, 3.8) is 0 Å². The first-order chi connectivity index (χ1) is 15.8. The van der Waals surface area contributed by atoms with Gasteiger partial charge in [0.1, 0.15) is 11.6 Å². The summed E-state index contributed by atoms with van der Waals surface area (Å²) < 4.78 is 24.8. The van der Waals surface area contributed by atoms with E-state index in [1.54, 1.807) is 18.2 Å². The number of Topliss-reactive ketones (excluding diaryl/α,β-unsaturated/α-hetero) is 1. The molecule has 2 aromatic rings. The van der Waals surface area contributed by atoms with Crippen LogP contribution < -0.4 is 9.47 Å². The van der Waals surface area contributed by atoms with Crippen LogP contribution in [0, 0.1) is 5.82 Å². The van der Waals surface area contributed by atoms with Crippen LogP contribution in [0.2, 0.25) is 0 Å². The van der Waals surface area contributed by atoms with Crippen molar-refractivity contribution in [2.45, 2.75) is 19.9 Å². The van der Waals surface area contributed by atoms with Gasteiger partial charge in [-0.15, -0.1) is 0 Å². The molecule has 1 fully saturated rings. The van der Waals surface area contributed by atoms with E-state index in [1.807, 2.05) is 32.8 Å². The highest BCUT2D eigenvalue weighted by molar-refractivity contribution is 6.46. The summed E-state index contributed by atoms with van der Waals surface area (Å²) in [4.78, 5) is 29.4. The zero-order valence-corrected chi connectivity index (χ0v) is 19.3. The molecule has 1 aliphatic rings. The van der Waals surface area contributed by atoms with Crippen molar-refractivity contribution in [3.05, 3.63) is 65.0 Å². The average molecular weight is 457 g/mol. The van der Waals surface area contributed by atoms with Crippen molar-refractivity contribution in [2.75, 3.05) is 40.4 Å². The van der Waals surface area contributed by atoms with Gasteiger partial charge in [-0.3, -0.25) is 9.59 Å². The fraction of sp³-hybridized carbons (Fsp3) is 0.360. The van der Waals surface area contributed by atoms with Crippen LogP contribution in [0.25, 0.3) is 5.76 Å². The van der Waals surface area contributed by atoms with E-state index in [9.17, 15) is 19.1 Å². The second-order valence-electron chi connectivity index (χ2n) is 7.87. The third-order valence-electron chi connectivity index (χ3n) is 5.33. The average Bonchev–Trinajstić information content (AvgIpc) is 3.04. The molecular weight excluding hydrogens is 427 g/mol. The molecule has 3 rings (SSSR count). The van der Waals surface area contributed by atoms with Gasteiger partial charge in [0.25, 0.3) is 11.7 Å². The SMILES string of the molecule is CCOc1ccc([C@@H]2/C(=C(\O)c3ccc(F)cc3)C(=O)C(=O)N2CCN(C)C)cc1OCC. The molecule has 1 atom stereocenters. The van der Waals surface area contributed by atoms with E-state index in [0.717, 1.165) is 0 Å². The normalized spacial score (nSPS) is 17.6. The van der Waals surface area contributed by atoms with Gasteiger partial charge in [0, 0.05) is 18.7 Å². The van der Waals surface area contributed by atoms with E-state index in [2.05, 4.69) is 0 Å². The van der Waals surface area contributed by atoms with Gasteiger partial charge < -0.3 is 24.4 Å². The standard InChI is InChI=1S/C25H29FN2O5/c1-5-32-19-12-9-17(15-20(19)33-6-2)22-21(23(29)16-7-10-18(26)11-8-16)24(30)25(31)28(22)14-13-27(3)4/h7-12,15,22,29H,5-6,13-14H2,1-4H3/b23-21+/t22-/m1/s1. The Morgan fingerprint density at radius 2 is 1.67 bits per heavy atom. The molecule has 1 heterocycles. The van der Waals surface area contributed by atoms with Gasteiger partial charge in [0.15, 0.2) is 11.5 Å². The minimum atomic E-state index is -0.829. The van der Waals surface area contributed by atoms with E-state index in [0.29, 0.717) is 36.8 Å². The lowest BCUT2D eigenvalue weighted by atomic mass is 9.95. The zero-order valence-electron chi connectivity index (χ0n) is 19.3. The first-order valence-electron chi connectivity index (χ1n) is 10.9. The summed E-state index contributed by atoms with van der Waals surface area (Å²) in [6.07, 6.45) is 0. The molecule has 0 aliphatic carbocycles. The topological polar surface area (TPSA) is 79.3 Å². The summed E-state index contributed by atoms with van der Waals surface area (Å²) >= 11 is 0. The lowest BCUT2D eigenvalue weighted by Gasteiger charge is -2.27. The highest BCUT2D eigenvalue weighted by Gasteiger charge is 2.46. The Morgan fingerprint density at radius 3 is 2.27 bits per heavy atom. The second-order valence-corrected chi connectivity index (χ2v) is 7.87.